The van der Waals surface area contributed by atoms with Gasteiger partial charge in [-0.2, -0.15) is 0 Å². The maximum atomic E-state index is 11.7. The minimum atomic E-state index is -0.298. The molecule has 0 saturated carbocycles. The SMILES string of the molecule is CCCSc1ccc(N)cc1C(=O)OCC. The zero-order chi connectivity index (χ0) is 12.0. The van der Waals surface area contributed by atoms with Gasteiger partial charge >= 0.3 is 5.97 Å². The molecule has 0 aliphatic heterocycles. The molecule has 0 saturated heterocycles. The summed E-state index contributed by atoms with van der Waals surface area (Å²) >= 11 is 1.65. The number of carbonyl (C=O) groups is 1. The number of benzene rings is 1. The van der Waals surface area contributed by atoms with Gasteiger partial charge in [0.25, 0.3) is 0 Å². The van der Waals surface area contributed by atoms with E-state index in [0.717, 1.165) is 17.1 Å². The van der Waals surface area contributed by atoms with Gasteiger partial charge in [-0.15, -0.1) is 11.8 Å². The van der Waals surface area contributed by atoms with E-state index in [4.69, 9.17) is 10.5 Å². The van der Waals surface area contributed by atoms with E-state index in [-0.39, 0.29) is 5.97 Å². The fourth-order valence-corrected chi connectivity index (χ4v) is 2.14. The molecule has 2 N–H and O–H groups in total. The second kappa shape index (κ2) is 6.43. The molecular weight excluding hydrogens is 222 g/mol. The van der Waals surface area contributed by atoms with Crippen molar-refractivity contribution in [3.8, 4) is 0 Å². The summed E-state index contributed by atoms with van der Waals surface area (Å²) in [5, 5.41) is 0. The molecule has 88 valence electrons. The number of carbonyl (C=O) groups excluding carboxylic acids is 1. The Morgan fingerprint density at radius 3 is 2.81 bits per heavy atom. The number of thioether (sulfide) groups is 1. The maximum Gasteiger partial charge on any atom is 0.339 e. The van der Waals surface area contributed by atoms with Crippen LogP contribution in [-0.2, 0) is 4.74 Å². The number of rotatable bonds is 5. The number of nitrogen functional groups attached to an aromatic ring is 1. The van der Waals surface area contributed by atoms with Gasteiger partial charge < -0.3 is 10.5 Å². The third-order valence-corrected chi connectivity index (χ3v) is 3.24. The number of hydrogen-bond donors (Lipinski definition) is 1. The topological polar surface area (TPSA) is 52.3 Å². The zero-order valence-corrected chi connectivity index (χ0v) is 10.5. The van der Waals surface area contributed by atoms with Gasteiger partial charge in [0, 0.05) is 10.6 Å². The van der Waals surface area contributed by atoms with E-state index in [1.54, 1.807) is 30.8 Å². The molecule has 1 aromatic rings. The molecule has 0 fully saturated rings. The fraction of sp³-hybridized carbons (Fsp3) is 0.417. The predicted molar refractivity (Wildman–Crippen MR) is 67.8 cm³/mol. The van der Waals surface area contributed by atoms with Gasteiger partial charge in [0.05, 0.1) is 12.2 Å². The summed E-state index contributed by atoms with van der Waals surface area (Å²) in [5.74, 6) is 0.685. The molecule has 0 atom stereocenters. The number of esters is 1. The summed E-state index contributed by atoms with van der Waals surface area (Å²) in [5.41, 5.74) is 6.83. The smallest absolute Gasteiger partial charge is 0.339 e. The standard InChI is InChI=1S/C12H17NO2S/c1-3-7-16-11-6-5-9(13)8-10(11)12(14)15-4-2/h5-6,8H,3-4,7,13H2,1-2H3. The van der Waals surface area contributed by atoms with Gasteiger partial charge in [-0.1, -0.05) is 6.92 Å². The fourth-order valence-electron chi connectivity index (χ4n) is 1.25. The van der Waals surface area contributed by atoms with Crippen LogP contribution in [0.15, 0.2) is 23.1 Å². The Morgan fingerprint density at radius 1 is 1.44 bits per heavy atom. The van der Waals surface area contributed by atoms with Crippen LogP contribution in [-0.4, -0.2) is 18.3 Å². The number of hydrogen-bond acceptors (Lipinski definition) is 4. The van der Waals surface area contributed by atoms with E-state index < -0.39 is 0 Å². The van der Waals surface area contributed by atoms with Crippen molar-refractivity contribution in [2.75, 3.05) is 18.1 Å². The highest BCUT2D eigenvalue weighted by atomic mass is 32.2. The van der Waals surface area contributed by atoms with Crippen LogP contribution in [0.25, 0.3) is 0 Å². The summed E-state index contributed by atoms with van der Waals surface area (Å²) in [6, 6.07) is 5.36. The minimum absolute atomic E-state index is 0.298. The van der Waals surface area contributed by atoms with Gasteiger partial charge in [0.1, 0.15) is 0 Å². The van der Waals surface area contributed by atoms with Crippen LogP contribution in [0.1, 0.15) is 30.6 Å². The summed E-state index contributed by atoms with van der Waals surface area (Å²) in [6.07, 6.45) is 1.07. The highest BCUT2D eigenvalue weighted by molar-refractivity contribution is 7.99. The quantitative estimate of drug-likeness (QED) is 0.487. The minimum Gasteiger partial charge on any atom is -0.462 e. The first-order valence-electron chi connectivity index (χ1n) is 5.38. The molecule has 3 nitrogen and oxygen atoms in total. The Hall–Kier alpha value is -1.16. The van der Waals surface area contributed by atoms with Crippen LogP contribution in [0.5, 0.6) is 0 Å². The average molecular weight is 239 g/mol. The zero-order valence-electron chi connectivity index (χ0n) is 9.66. The first-order chi connectivity index (χ1) is 7.69. The van der Waals surface area contributed by atoms with Gasteiger partial charge in [-0.25, -0.2) is 4.79 Å². The molecule has 0 amide bonds. The van der Waals surface area contributed by atoms with E-state index in [1.165, 1.54) is 0 Å². The molecule has 0 aromatic heterocycles. The van der Waals surface area contributed by atoms with E-state index >= 15 is 0 Å². The van der Waals surface area contributed by atoms with Crippen LogP contribution in [0.4, 0.5) is 5.69 Å². The summed E-state index contributed by atoms with van der Waals surface area (Å²) in [6.45, 7) is 4.28. The van der Waals surface area contributed by atoms with Crippen molar-refractivity contribution in [2.24, 2.45) is 0 Å². The van der Waals surface area contributed by atoms with Crippen molar-refractivity contribution in [2.45, 2.75) is 25.2 Å². The van der Waals surface area contributed by atoms with Gasteiger partial charge in [0.2, 0.25) is 0 Å². The molecule has 0 aliphatic carbocycles. The predicted octanol–water partition coefficient (Wildman–Crippen LogP) is 2.95. The molecule has 0 spiro atoms. The lowest BCUT2D eigenvalue weighted by molar-refractivity contribution is 0.0522. The summed E-state index contributed by atoms with van der Waals surface area (Å²) < 4.78 is 5.00. The summed E-state index contributed by atoms with van der Waals surface area (Å²) in [7, 11) is 0. The molecule has 16 heavy (non-hydrogen) atoms. The van der Waals surface area contributed by atoms with Crippen molar-refractivity contribution in [1.82, 2.24) is 0 Å². The van der Waals surface area contributed by atoms with E-state index in [9.17, 15) is 4.79 Å². The van der Waals surface area contributed by atoms with E-state index in [2.05, 4.69) is 6.92 Å². The van der Waals surface area contributed by atoms with Crippen LogP contribution < -0.4 is 5.73 Å². The second-order valence-electron chi connectivity index (χ2n) is 3.32. The van der Waals surface area contributed by atoms with Crippen molar-refractivity contribution in [1.29, 1.82) is 0 Å². The summed E-state index contributed by atoms with van der Waals surface area (Å²) in [4.78, 5) is 12.6. The monoisotopic (exact) mass is 239 g/mol. The largest absolute Gasteiger partial charge is 0.462 e. The highest BCUT2D eigenvalue weighted by Crippen LogP contribution is 2.26. The van der Waals surface area contributed by atoms with Crippen molar-refractivity contribution >= 4 is 23.4 Å². The average Bonchev–Trinajstić information content (AvgIpc) is 2.27. The van der Waals surface area contributed by atoms with Crippen LogP contribution in [0, 0.1) is 0 Å². The van der Waals surface area contributed by atoms with Crippen LogP contribution in [0.2, 0.25) is 0 Å². The maximum absolute atomic E-state index is 11.7. The van der Waals surface area contributed by atoms with Gasteiger partial charge in [-0.05, 0) is 37.3 Å². The first kappa shape index (κ1) is 12.9. The molecule has 0 aliphatic rings. The Bertz CT molecular complexity index is 366. The molecule has 0 unspecified atom stereocenters. The Labute approximate surface area is 100 Å². The lowest BCUT2D eigenvalue weighted by Crippen LogP contribution is -2.07. The van der Waals surface area contributed by atoms with E-state index in [0.29, 0.717) is 17.9 Å². The number of ether oxygens (including phenoxy) is 1. The number of nitrogens with two attached hydrogens (primary N) is 1. The molecular formula is C12H17NO2S. The molecule has 0 bridgehead atoms. The van der Waals surface area contributed by atoms with Crippen molar-refractivity contribution in [3.63, 3.8) is 0 Å². The third-order valence-electron chi connectivity index (χ3n) is 1.96. The molecule has 1 aromatic carbocycles. The Morgan fingerprint density at radius 2 is 2.19 bits per heavy atom. The van der Waals surface area contributed by atoms with Gasteiger partial charge in [0.15, 0.2) is 0 Å². The normalized spacial score (nSPS) is 10.1. The molecule has 1 rings (SSSR count). The third kappa shape index (κ3) is 3.45. The lowest BCUT2D eigenvalue weighted by Gasteiger charge is -2.08. The van der Waals surface area contributed by atoms with Crippen LogP contribution in [0.3, 0.4) is 0 Å². The number of anilines is 1. The molecule has 4 heteroatoms. The van der Waals surface area contributed by atoms with Crippen molar-refractivity contribution in [3.05, 3.63) is 23.8 Å². The molecule has 0 radical (unpaired) electrons. The molecule has 0 heterocycles. The first-order valence-corrected chi connectivity index (χ1v) is 6.37. The Kier molecular flexibility index (Phi) is 5.19. The van der Waals surface area contributed by atoms with Crippen molar-refractivity contribution < 1.29 is 9.53 Å². The van der Waals surface area contributed by atoms with Crippen LogP contribution >= 0.6 is 11.8 Å². The second-order valence-corrected chi connectivity index (χ2v) is 4.46. The van der Waals surface area contributed by atoms with Gasteiger partial charge in [-0.3, -0.25) is 0 Å². The highest BCUT2D eigenvalue weighted by Gasteiger charge is 2.12. The van der Waals surface area contributed by atoms with E-state index in [1.807, 2.05) is 6.07 Å². The lowest BCUT2D eigenvalue weighted by atomic mass is 10.2. The Balaban J connectivity index is 2.93.